The Kier molecular flexibility index (Phi) is 8.98. The first kappa shape index (κ1) is 32.5. The number of nitriles is 1. The van der Waals surface area contributed by atoms with Gasteiger partial charge in [-0.25, -0.2) is 18.4 Å². The number of rotatable bonds is 7. The van der Waals surface area contributed by atoms with Gasteiger partial charge in [-0.2, -0.15) is 9.65 Å². The van der Waals surface area contributed by atoms with Crippen molar-refractivity contribution in [3.63, 3.8) is 0 Å². The van der Waals surface area contributed by atoms with Crippen molar-refractivity contribution in [2.75, 3.05) is 23.7 Å². The second kappa shape index (κ2) is 13.0. The number of aromatic nitrogens is 5. The molecule has 2 aromatic carbocycles. The lowest BCUT2D eigenvalue weighted by Crippen LogP contribution is -2.46. The lowest BCUT2D eigenvalue weighted by atomic mass is 9.98. The van der Waals surface area contributed by atoms with Crippen LogP contribution in [0.5, 0.6) is 0 Å². The number of anilines is 3. The molecule has 0 spiro atoms. The van der Waals surface area contributed by atoms with Gasteiger partial charge in [0.05, 0.1) is 45.1 Å². The van der Waals surface area contributed by atoms with Crippen LogP contribution in [0.4, 0.5) is 30.2 Å². The molecule has 9 nitrogen and oxygen atoms in total. The van der Waals surface area contributed by atoms with Crippen LogP contribution in [0, 0.1) is 28.9 Å². The lowest BCUT2D eigenvalue weighted by Gasteiger charge is -2.40. The van der Waals surface area contributed by atoms with Gasteiger partial charge in [0.15, 0.2) is 5.82 Å². The van der Waals surface area contributed by atoms with E-state index in [9.17, 15) is 18.4 Å². The van der Waals surface area contributed by atoms with Gasteiger partial charge in [0, 0.05) is 53.3 Å². The lowest BCUT2D eigenvalue weighted by molar-refractivity contribution is 0.0866. The van der Waals surface area contributed by atoms with Crippen LogP contribution in [-0.2, 0) is 0 Å². The zero-order valence-electron chi connectivity index (χ0n) is 25.7. The van der Waals surface area contributed by atoms with Gasteiger partial charge in [-0.15, -0.1) is 5.10 Å². The minimum atomic E-state index is -1.22. The predicted octanol–water partition coefficient (Wildman–Crippen LogP) is 8.20. The molecule has 1 atom stereocenters. The van der Waals surface area contributed by atoms with Crippen molar-refractivity contribution in [2.24, 2.45) is 0 Å². The summed E-state index contributed by atoms with van der Waals surface area (Å²) in [4.78, 5) is 10.4. The number of fused-ring (bicyclic) bond motifs is 1. The third-order valence-corrected chi connectivity index (χ3v) is 8.88. The predicted molar refractivity (Wildman–Crippen MR) is 175 cm³/mol. The number of hydrogen-bond acceptors (Lipinski definition) is 8. The minimum absolute atomic E-state index is 0.0687. The fraction of sp³-hybridized carbons (Fsp3) is 0.303. The Hall–Kier alpha value is -4.44. The van der Waals surface area contributed by atoms with Gasteiger partial charge in [0.25, 0.3) is 0 Å². The Balaban J connectivity index is 1.38. The first-order valence-electron chi connectivity index (χ1n) is 14.9. The molecule has 0 radical (unpaired) electrons. The summed E-state index contributed by atoms with van der Waals surface area (Å²) < 4.78 is 44.0. The molecule has 47 heavy (non-hydrogen) atoms. The van der Waals surface area contributed by atoms with E-state index < -0.39 is 23.6 Å². The average Bonchev–Trinajstić information content (AvgIpc) is 3.53. The van der Waals surface area contributed by atoms with Crippen LogP contribution >= 0.6 is 23.2 Å². The quantitative estimate of drug-likeness (QED) is 0.166. The molecular weight excluding hydrogens is 650 g/mol. The molecule has 1 aliphatic heterocycles. The summed E-state index contributed by atoms with van der Waals surface area (Å²) in [5.74, 6) is -2.92. The number of pyridine rings is 2. The monoisotopic (exact) mass is 679 g/mol. The van der Waals surface area contributed by atoms with E-state index in [1.165, 1.54) is 30.6 Å². The zero-order valence-corrected chi connectivity index (χ0v) is 27.2. The number of nitrogens with one attached hydrogen (secondary N) is 2. The van der Waals surface area contributed by atoms with Gasteiger partial charge >= 0.3 is 0 Å². The van der Waals surface area contributed by atoms with Crippen LogP contribution in [0.25, 0.3) is 10.9 Å². The van der Waals surface area contributed by atoms with Crippen LogP contribution in [0.3, 0.4) is 0 Å². The van der Waals surface area contributed by atoms with Crippen molar-refractivity contribution in [2.45, 2.75) is 51.2 Å². The number of hydrogen-bond donors (Lipinski definition) is 2. The summed E-state index contributed by atoms with van der Waals surface area (Å²) >= 11 is 12.7. The van der Waals surface area contributed by atoms with Gasteiger partial charge in [0.1, 0.15) is 17.6 Å². The molecule has 14 heteroatoms. The smallest absolute Gasteiger partial charge is 0.248 e. The molecule has 2 N–H and O–H groups in total. The highest BCUT2D eigenvalue weighted by atomic mass is 35.5. The number of benzene rings is 2. The first-order chi connectivity index (χ1) is 22.4. The molecule has 1 saturated heterocycles. The number of halogens is 5. The Morgan fingerprint density at radius 1 is 0.957 bits per heavy atom. The normalized spacial score (nSPS) is 15.0. The Morgan fingerprint density at radius 2 is 1.70 bits per heavy atom. The molecule has 1 unspecified atom stereocenters. The zero-order chi connectivity index (χ0) is 33.5. The van der Waals surface area contributed by atoms with E-state index in [0.717, 1.165) is 32.0 Å². The summed E-state index contributed by atoms with van der Waals surface area (Å²) in [6, 6.07) is 9.94. The van der Waals surface area contributed by atoms with E-state index in [-0.39, 0.29) is 27.2 Å². The third kappa shape index (κ3) is 6.83. The van der Waals surface area contributed by atoms with Crippen LogP contribution in [0.15, 0.2) is 55.0 Å². The van der Waals surface area contributed by atoms with E-state index in [0.29, 0.717) is 39.2 Å². The Bertz CT molecular complexity index is 2000. The number of likely N-dealkylation sites (tertiary alicyclic amines) is 1. The summed E-state index contributed by atoms with van der Waals surface area (Å²) in [6.45, 7) is 8.40. The molecule has 5 aromatic rings. The van der Waals surface area contributed by atoms with E-state index in [2.05, 4.69) is 62.7 Å². The highest BCUT2D eigenvalue weighted by molar-refractivity contribution is 6.36. The molecule has 6 rings (SSSR count). The Morgan fingerprint density at radius 3 is 2.38 bits per heavy atom. The van der Waals surface area contributed by atoms with Crippen LogP contribution in [0.2, 0.25) is 10.0 Å². The standard InChI is InChI=1S/C33H30Cl2F3N9/c1-33(2,3)46-8-6-22(7-9-46)47-17-28(44-45-47)30(18-10-27(37)32(38)41-15-18)43-21-11-23-29(42-20-4-5-26(36)24(34)12-20)19(14-39)16-40-31(23)25(35)13-21/h4-5,10-13,15-17,22,30,43H,6-9H2,1-3H3,(H,40,42). The molecule has 3 aromatic heterocycles. The van der Waals surface area contributed by atoms with E-state index in [1.807, 2.05) is 4.68 Å². The molecule has 4 heterocycles. The van der Waals surface area contributed by atoms with Crippen molar-refractivity contribution < 1.29 is 13.2 Å². The fourth-order valence-electron chi connectivity index (χ4n) is 5.77. The van der Waals surface area contributed by atoms with Crippen molar-refractivity contribution in [3.05, 3.63) is 99.4 Å². The van der Waals surface area contributed by atoms with Crippen LogP contribution in [-0.4, -0.2) is 48.5 Å². The fourth-order valence-corrected chi connectivity index (χ4v) is 6.22. The van der Waals surface area contributed by atoms with Gasteiger partial charge in [-0.05, 0) is 70.0 Å². The largest absolute Gasteiger partial charge is 0.373 e. The molecule has 1 aliphatic rings. The van der Waals surface area contributed by atoms with Gasteiger partial charge < -0.3 is 10.6 Å². The van der Waals surface area contributed by atoms with Crippen LogP contribution < -0.4 is 10.6 Å². The summed E-state index contributed by atoms with van der Waals surface area (Å²) in [6.07, 6.45) is 6.19. The minimum Gasteiger partial charge on any atom is -0.373 e. The van der Waals surface area contributed by atoms with Gasteiger partial charge in [-0.3, -0.25) is 9.88 Å². The first-order valence-corrected chi connectivity index (χ1v) is 15.7. The highest BCUT2D eigenvalue weighted by Gasteiger charge is 2.29. The molecule has 0 aliphatic carbocycles. The van der Waals surface area contributed by atoms with Gasteiger partial charge in [-0.1, -0.05) is 28.4 Å². The highest BCUT2D eigenvalue weighted by Crippen LogP contribution is 2.37. The molecule has 0 saturated carbocycles. The van der Waals surface area contributed by atoms with Crippen molar-refractivity contribution in [3.8, 4) is 6.07 Å². The molecule has 0 bridgehead atoms. The van der Waals surface area contributed by atoms with Crippen LogP contribution in [0.1, 0.15) is 62.5 Å². The summed E-state index contributed by atoms with van der Waals surface area (Å²) in [5, 5.41) is 25.8. The van der Waals surface area contributed by atoms with E-state index >= 15 is 0 Å². The second-order valence-corrected chi connectivity index (χ2v) is 13.2. The maximum Gasteiger partial charge on any atom is 0.248 e. The molecular formula is C33H30Cl2F3N9. The number of nitrogens with zero attached hydrogens (tertiary/aromatic N) is 7. The van der Waals surface area contributed by atoms with Crippen molar-refractivity contribution in [1.82, 2.24) is 29.9 Å². The Labute approximate surface area is 279 Å². The average molecular weight is 681 g/mol. The molecule has 242 valence electrons. The van der Waals surface area contributed by atoms with E-state index in [1.54, 1.807) is 18.3 Å². The topological polar surface area (TPSA) is 108 Å². The van der Waals surface area contributed by atoms with Gasteiger partial charge in [0.2, 0.25) is 5.95 Å². The summed E-state index contributed by atoms with van der Waals surface area (Å²) in [5.41, 5.74) is 2.68. The van der Waals surface area contributed by atoms with Crippen molar-refractivity contribution in [1.29, 1.82) is 5.26 Å². The SMILES string of the molecule is CC(C)(C)N1CCC(n2cc(C(Nc3cc(Cl)c4ncc(C#N)c(Nc5ccc(F)c(Cl)c5)c4c3)c3cnc(F)c(F)c3)nn2)CC1. The maximum absolute atomic E-state index is 14.5. The van der Waals surface area contributed by atoms with E-state index in [4.69, 9.17) is 23.2 Å². The maximum atomic E-state index is 14.5. The molecule has 1 fully saturated rings. The number of piperidine rings is 1. The van der Waals surface area contributed by atoms with Crippen molar-refractivity contribution >= 4 is 51.2 Å². The second-order valence-electron chi connectivity index (χ2n) is 12.4. The third-order valence-electron chi connectivity index (χ3n) is 8.31. The molecule has 0 amide bonds. The summed E-state index contributed by atoms with van der Waals surface area (Å²) in [7, 11) is 0.